The molecule has 194 valence electrons. The number of ketones is 1. The number of Topliss-reactive ketones (excluding diaryl/α,β-unsaturated/α-hetero) is 1. The number of hydrogen-bond donors (Lipinski definition) is 1. The Morgan fingerprint density at radius 3 is 2.32 bits per heavy atom. The predicted octanol–water partition coefficient (Wildman–Crippen LogP) is 4.96. The molecule has 1 fully saturated rings. The van der Waals surface area contributed by atoms with Gasteiger partial charge in [-0.1, -0.05) is 29.5 Å². The maximum absolute atomic E-state index is 13.5. The molecule has 1 unspecified atom stereocenters. The average Bonchev–Trinajstić information content (AvgIpc) is 3.49. The fourth-order valence-electron chi connectivity index (χ4n) is 4.42. The minimum Gasteiger partial charge on any atom is -0.507 e. The number of ether oxygens (including phenoxy) is 4. The first kappa shape index (κ1) is 25.1. The second-order valence-corrected chi connectivity index (χ2v) is 9.35. The lowest BCUT2D eigenvalue weighted by Gasteiger charge is -2.23. The number of aromatic nitrogens is 1. The van der Waals surface area contributed by atoms with Crippen LogP contribution < -0.4 is 23.8 Å². The third-order valence-corrected chi connectivity index (χ3v) is 7.32. The first-order valence-corrected chi connectivity index (χ1v) is 12.3. The van der Waals surface area contributed by atoms with Crippen LogP contribution in [0.3, 0.4) is 0 Å². The van der Waals surface area contributed by atoms with Crippen molar-refractivity contribution in [1.29, 1.82) is 0 Å². The van der Waals surface area contributed by atoms with Crippen molar-refractivity contribution in [2.75, 3.05) is 33.3 Å². The Hall–Kier alpha value is -4.57. The smallest absolute Gasteiger partial charge is 0.301 e. The molecule has 10 heteroatoms. The zero-order valence-corrected chi connectivity index (χ0v) is 21.9. The molecule has 0 saturated carbocycles. The number of nitrogens with zero attached hydrogens (tertiary/aromatic N) is 2. The standard InChI is InChI=1S/C28H24N2O7S/c1-34-17-7-5-6-16(12-17)25(31)23-24(15-8-11-20(36-3)21(13-15)37-4)30(27(33)26(23)32)28-29-19-10-9-18(35-2)14-22(19)38-28/h5-14,24,31H,1-4H3. The Balaban J connectivity index is 1.74. The van der Waals surface area contributed by atoms with Crippen molar-refractivity contribution in [3.63, 3.8) is 0 Å². The van der Waals surface area contributed by atoms with Gasteiger partial charge in [0.25, 0.3) is 5.78 Å². The van der Waals surface area contributed by atoms with E-state index in [1.165, 1.54) is 37.6 Å². The summed E-state index contributed by atoms with van der Waals surface area (Å²) in [4.78, 5) is 33.0. The van der Waals surface area contributed by atoms with Gasteiger partial charge in [0.2, 0.25) is 0 Å². The third-order valence-electron chi connectivity index (χ3n) is 6.30. The van der Waals surface area contributed by atoms with Crippen LogP contribution in [0.5, 0.6) is 23.0 Å². The predicted molar refractivity (Wildman–Crippen MR) is 143 cm³/mol. The fraction of sp³-hybridized carbons (Fsp3) is 0.179. The SMILES string of the molecule is COc1cccc(C(O)=C2C(=O)C(=O)N(c3nc4ccc(OC)cc4s3)C2c2ccc(OC)c(OC)c2)c1. The number of thiazole rings is 1. The Morgan fingerprint density at radius 2 is 1.61 bits per heavy atom. The quantitative estimate of drug-likeness (QED) is 0.202. The van der Waals surface area contributed by atoms with Gasteiger partial charge in [0.1, 0.15) is 17.3 Å². The lowest BCUT2D eigenvalue weighted by atomic mass is 9.95. The topological polar surface area (TPSA) is 107 Å². The normalized spacial score (nSPS) is 16.6. The van der Waals surface area contributed by atoms with Gasteiger partial charge >= 0.3 is 5.91 Å². The van der Waals surface area contributed by atoms with E-state index in [1.54, 1.807) is 61.7 Å². The first-order chi connectivity index (χ1) is 18.4. The number of carbonyl (C=O) groups is 2. The number of fused-ring (bicyclic) bond motifs is 1. The fourth-order valence-corrected chi connectivity index (χ4v) is 5.44. The molecule has 1 aromatic heterocycles. The number of carbonyl (C=O) groups excluding carboxylic acids is 2. The van der Waals surface area contributed by atoms with E-state index >= 15 is 0 Å². The first-order valence-electron chi connectivity index (χ1n) is 11.5. The number of hydrogen-bond acceptors (Lipinski definition) is 9. The van der Waals surface area contributed by atoms with Crippen molar-refractivity contribution in [1.82, 2.24) is 4.98 Å². The zero-order chi connectivity index (χ0) is 27.0. The summed E-state index contributed by atoms with van der Waals surface area (Å²) < 4.78 is 22.2. The number of aliphatic hydroxyl groups excluding tert-OH is 1. The van der Waals surface area contributed by atoms with Gasteiger partial charge in [-0.05, 0) is 48.0 Å². The van der Waals surface area contributed by atoms with Gasteiger partial charge in [0, 0.05) is 5.56 Å². The minimum absolute atomic E-state index is 0.0766. The number of rotatable bonds is 7. The van der Waals surface area contributed by atoms with E-state index in [-0.39, 0.29) is 11.3 Å². The second-order valence-electron chi connectivity index (χ2n) is 8.35. The lowest BCUT2D eigenvalue weighted by Crippen LogP contribution is -2.29. The molecule has 1 amide bonds. The molecular weight excluding hydrogens is 508 g/mol. The molecule has 2 heterocycles. The summed E-state index contributed by atoms with van der Waals surface area (Å²) in [5.74, 6) is 0.0591. The van der Waals surface area contributed by atoms with Crippen molar-refractivity contribution < 1.29 is 33.6 Å². The molecule has 1 atom stereocenters. The monoisotopic (exact) mass is 532 g/mol. The van der Waals surface area contributed by atoms with Crippen LogP contribution in [0.4, 0.5) is 5.13 Å². The average molecular weight is 533 g/mol. The molecule has 0 aliphatic carbocycles. The van der Waals surface area contributed by atoms with Crippen molar-refractivity contribution in [2.24, 2.45) is 0 Å². The van der Waals surface area contributed by atoms with Gasteiger partial charge in [-0.15, -0.1) is 0 Å². The van der Waals surface area contributed by atoms with Crippen LogP contribution in [0, 0.1) is 0 Å². The van der Waals surface area contributed by atoms with E-state index < -0.39 is 17.7 Å². The molecule has 9 nitrogen and oxygen atoms in total. The van der Waals surface area contributed by atoms with Crippen molar-refractivity contribution in [3.8, 4) is 23.0 Å². The van der Waals surface area contributed by atoms with Gasteiger partial charge in [-0.2, -0.15) is 0 Å². The van der Waals surface area contributed by atoms with Crippen LogP contribution >= 0.6 is 11.3 Å². The van der Waals surface area contributed by atoms with Crippen LogP contribution in [0.25, 0.3) is 16.0 Å². The van der Waals surface area contributed by atoms with Crippen LogP contribution in [-0.2, 0) is 9.59 Å². The highest BCUT2D eigenvalue weighted by atomic mass is 32.1. The van der Waals surface area contributed by atoms with Gasteiger partial charge in [0.05, 0.1) is 50.3 Å². The van der Waals surface area contributed by atoms with E-state index in [4.69, 9.17) is 18.9 Å². The van der Waals surface area contributed by atoms with Gasteiger partial charge in [-0.3, -0.25) is 14.5 Å². The highest BCUT2D eigenvalue weighted by Gasteiger charge is 2.48. The summed E-state index contributed by atoms with van der Waals surface area (Å²) in [6, 6.07) is 16.1. The minimum atomic E-state index is -0.983. The van der Waals surface area contributed by atoms with Crippen molar-refractivity contribution in [2.45, 2.75) is 6.04 Å². The maximum atomic E-state index is 13.5. The molecular formula is C28H24N2O7S. The van der Waals surface area contributed by atoms with Gasteiger partial charge < -0.3 is 24.1 Å². The number of aliphatic hydroxyl groups is 1. The number of anilines is 1. The summed E-state index contributed by atoms with van der Waals surface area (Å²) >= 11 is 1.24. The van der Waals surface area contributed by atoms with Crippen molar-refractivity contribution in [3.05, 3.63) is 77.4 Å². The zero-order valence-electron chi connectivity index (χ0n) is 21.1. The van der Waals surface area contributed by atoms with Crippen LogP contribution in [0.2, 0.25) is 0 Å². The number of methoxy groups -OCH3 is 4. The molecule has 1 aliphatic heterocycles. The number of benzene rings is 3. The van der Waals surface area contributed by atoms with E-state index in [0.717, 1.165) is 4.70 Å². The molecule has 1 saturated heterocycles. The molecule has 1 aliphatic rings. The third kappa shape index (κ3) is 4.18. The second kappa shape index (κ2) is 10.1. The van der Waals surface area contributed by atoms with Crippen LogP contribution in [-0.4, -0.2) is 50.2 Å². The van der Waals surface area contributed by atoms with E-state index in [1.807, 2.05) is 6.07 Å². The van der Waals surface area contributed by atoms with E-state index in [2.05, 4.69) is 4.98 Å². The number of amides is 1. The summed E-state index contributed by atoms with van der Waals surface area (Å²) in [6.07, 6.45) is 0. The van der Waals surface area contributed by atoms with Crippen molar-refractivity contribution >= 4 is 44.1 Å². The highest BCUT2D eigenvalue weighted by molar-refractivity contribution is 7.22. The molecule has 38 heavy (non-hydrogen) atoms. The Bertz CT molecular complexity index is 1590. The molecule has 0 radical (unpaired) electrons. The van der Waals surface area contributed by atoms with Gasteiger partial charge in [-0.25, -0.2) is 4.98 Å². The maximum Gasteiger partial charge on any atom is 0.301 e. The van der Waals surface area contributed by atoms with Crippen LogP contribution in [0.15, 0.2) is 66.2 Å². The molecule has 0 bridgehead atoms. The largest absolute Gasteiger partial charge is 0.507 e. The summed E-state index contributed by atoms with van der Waals surface area (Å²) in [6.45, 7) is 0. The Kier molecular flexibility index (Phi) is 6.64. The molecule has 4 aromatic rings. The highest BCUT2D eigenvalue weighted by Crippen LogP contribution is 2.46. The molecule has 5 rings (SSSR count). The Labute approximate surface area is 222 Å². The van der Waals surface area contributed by atoms with Gasteiger partial charge in [0.15, 0.2) is 16.6 Å². The summed E-state index contributed by atoms with van der Waals surface area (Å²) in [7, 11) is 6.08. The molecule has 0 spiro atoms. The van der Waals surface area contributed by atoms with E-state index in [9.17, 15) is 14.7 Å². The Morgan fingerprint density at radius 1 is 0.868 bits per heavy atom. The summed E-state index contributed by atoms with van der Waals surface area (Å²) in [5.41, 5.74) is 1.43. The lowest BCUT2D eigenvalue weighted by molar-refractivity contribution is -0.132. The van der Waals surface area contributed by atoms with E-state index in [0.29, 0.717) is 44.8 Å². The molecule has 1 N–H and O–H groups in total. The summed E-state index contributed by atoms with van der Waals surface area (Å²) in [5, 5.41) is 11.7. The van der Waals surface area contributed by atoms with Crippen LogP contribution in [0.1, 0.15) is 17.2 Å². The molecule has 3 aromatic carbocycles.